The van der Waals surface area contributed by atoms with E-state index in [-0.39, 0.29) is 36.2 Å². The zero-order valence-corrected chi connectivity index (χ0v) is 17.3. The molecule has 10 heteroatoms. The molecule has 2 aromatic rings. The number of halogens is 3. The van der Waals surface area contributed by atoms with Gasteiger partial charge in [0, 0.05) is 25.7 Å². The van der Waals surface area contributed by atoms with Crippen LogP contribution in [0, 0.1) is 11.6 Å². The van der Waals surface area contributed by atoms with E-state index in [1.54, 1.807) is 24.4 Å². The summed E-state index contributed by atoms with van der Waals surface area (Å²) < 4.78 is 33.0. The maximum atomic E-state index is 13.6. The number of hydrazone groups is 1. The molecule has 2 aliphatic rings. The SMILES string of the molecule is CNC(=O)c1cccc(OC2CN(C(=O)N3N=CCC3c3cc(F)cc(F)c3)C2)c1Cl. The minimum absolute atomic E-state index is 0.198. The van der Waals surface area contributed by atoms with Crippen molar-refractivity contribution in [1.82, 2.24) is 15.2 Å². The van der Waals surface area contributed by atoms with Crippen LogP contribution in [-0.4, -0.2) is 54.3 Å². The van der Waals surface area contributed by atoms with E-state index in [9.17, 15) is 18.4 Å². The Morgan fingerprint density at radius 1 is 1.19 bits per heavy atom. The van der Waals surface area contributed by atoms with Crippen LogP contribution in [0.1, 0.15) is 28.4 Å². The van der Waals surface area contributed by atoms with Crippen LogP contribution < -0.4 is 10.1 Å². The lowest BCUT2D eigenvalue weighted by atomic mass is 10.0. The first kappa shape index (κ1) is 21.0. The summed E-state index contributed by atoms with van der Waals surface area (Å²) in [5.41, 5.74) is 0.639. The number of rotatable bonds is 4. The predicted octanol–water partition coefficient (Wildman–Crippen LogP) is 3.59. The summed E-state index contributed by atoms with van der Waals surface area (Å²) in [6.45, 7) is 0.575. The number of carbonyl (C=O) groups excluding carboxylic acids is 2. The highest BCUT2D eigenvalue weighted by Gasteiger charge is 2.39. The number of ether oxygens (including phenoxy) is 1. The van der Waals surface area contributed by atoms with Gasteiger partial charge in [0.15, 0.2) is 0 Å². The van der Waals surface area contributed by atoms with E-state index in [4.69, 9.17) is 16.3 Å². The third-order valence-electron chi connectivity index (χ3n) is 5.14. The number of nitrogens with zero attached hydrogens (tertiary/aromatic N) is 3. The minimum atomic E-state index is -0.706. The van der Waals surface area contributed by atoms with Crippen LogP contribution in [0.2, 0.25) is 5.02 Å². The maximum absolute atomic E-state index is 13.6. The smallest absolute Gasteiger partial charge is 0.341 e. The Bertz CT molecular complexity index is 1040. The number of nitrogens with one attached hydrogen (secondary N) is 1. The van der Waals surface area contributed by atoms with Crippen LogP contribution in [0.3, 0.4) is 0 Å². The molecule has 2 heterocycles. The van der Waals surface area contributed by atoms with Gasteiger partial charge in [0.1, 0.15) is 23.5 Å². The molecule has 1 N–H and O–H groups in total. The Labute approximate surface area is 182 Å². The average Bonchev–Trinajstić information content (AvgIpc) is 3.19. The van der Waals surface area contributed by atoms with Gasteiger partial charge in [-0.15, -0.1) is 0 Å². The van der Waals surface area contributed by atoms with E-state index < -0.39 is 17.7 Å². The van der Waals surface area contributed by atoms with Crippen molar-refractivity contribution in [1.29, 1.82) is 0 Å². The number of carbonyl (C=O) groups is 2. The van der Waals surface area contributed by atoms with Crippen LogP contribution in [0.15, 0.2) is 41.5 Å². The van der Waals surface area contributed by atoms with Crippen LogP contribution in [0.5, 0.6) is 5.75 Å². The van der Waals surface area contributed by atoms with E-state index in [1.165, 1.54) is 29.1 Å². The van der Waals surface area contributed by atoms with Crippen molar-refractivity contribution < 1.29 is 23.1 Å². The lowest BCUT2D eigenvalue weighted by molar-refractivity contribution is 0.0277. The summed E-state index contributed by atoms with van der Waals surface area (Å²) in [7, 11) is 1.51. The average molecular weight is 449 g/mol. The molecule has 0 saturated carbocycles. The highest BCUT2D eigenvalue weighted by molar-refractivity contribution is 6.35. The molecule has 1 saturated heterocycles. The van der Waals surface area contributed by atoms with E-state index >= 15 is 0 Å². The third kappa shape index (κ3) is 4.18. The molecule has 1 atom stereocenters. The molecule has 0 aromatic heterocycles. The lowest BCUT2D eigenvalue weighted by Gasteiger charge is -2.41. The zero-order valence-electron chi connectivity index (χ0n) is 16.5. The normalized spacial score (nSPS) is 18.1. The molecule has 1 unspecified atom stereocenters. The van der Waals surface area contributed by atoms with E-state index in [0.717, 1.165) is 6.07 Å². The first-order valence-electron chi connectivity index (χ1n) is 9.61. The predicted molar refractivity (Wildman–Crippen MR) is 110 cm³/mol. The van der Waals surface area contributed by atoms with Crippen LogP contribution in [0.25, 0.3) is 0 Å². The van der Waals surface area contributed by atoms with Gasteiger partial charge in [0.05, 0.1) is 29.7 Å². The fourth-order valence-electron chi connectivity index (χ4n) is 3.55. The maximum Gasteiger partial charge on any atom is 0.341 e. The number of hydrogen-bond acceptors (Lipinski definition) is 4. The monoisotopic (exact) mass is 448 g/mol. The molecule has 0 bridgehead atoms. The van der Waals surface area contributed by atoms with Crippen LogP contribution in [-0.2, 0) is 0 Å². The van der Waals surface area contributed by atoms with Gasteiger partial charge in [-0.25, -0.2) is 18.6 Å². The van der Waals surface area contributed by atoms with Crippen molar-refractivity contribution >= 4 is 29.8 Å². The molecular weight excluding hydrogens is 430 g/mol. The fourth-order valence-corrected chi connectivity index (χ4v) is 3.80. The number of hydrogen-bond donors (Lipinski definition) is 1. The first-order chi connectivity index (χ1) is 14.9. The summed E-state index contributed by atoms with van der Waals surface area (Å²) in [6, 6.07) is 7.13. The zero-order chi connectivity index (χ0) is 22.1. The van der Waals surface area contributed by atoms with Crippen molar-refractivity contribution in [2.24, 2.45) is 5.10 Å². The van der Waals surface area contributed by atoms with Gasteiger partial charge >= 0.3 is 6.03 Å². The number of amides is 3. The Morgan fingerprint density at radius 2 is 1.90 bits per heavy atom. The van der Waals surface area contributed by atoms with Gasteiger partial charge in [-0.05, 0) is 29.8 Å². The van der Waals surface area contributed by atoms with E-state index in [2.05, 4.69) is 10.4 Å². The Morgan fingerprint density at radius 3 is 2.58 bits per heavy atom. The van der Waals surface area contributed by atoms with E-state index in [0.29, 0.717) is 23.3 Å². The quantitative estimate of drug-likeness (QED) is 0.776. The highest BCUT2D eigenvalue weighted by Crippen LogP contribution is 2.33. The fraction of sp³-hybridized carbons (Fsp3) is 0.286. The van der Waals surface area contributed by atoms with Gasteiger partial charge in [-0.2, -0.15) is 5.10 Å². The van der Waals surface area contributed by atoms with Crippen molar-refractivity contribution in [3.63, 3.8) is 0 Å². The summed E-state index contributed by atoms with van der Waals surface area (Å²) in [5, 5.41) is 8.02. The van der Waals surface area contributed by atoms with Crippen molar-refractivity contribution in [3.8, 4) is 5.75 Å². The minimum Gasteiger partial charge on any atom is -0.485 e. The van der Waals surface area contributed by atoms with Crippen LogP contribution >= 0.6 is 11.6 Å². The van der Waals surface area contributed by atoms with Gasteiger partial charge in [-0.3, -0.25) is 4.79 Å². The molecule has 0 aliphatic carbocycles. The summed E-state index contributed by atoms with van der Waals surface area (Å²) >= 11 is 6.27. The summed E-state index contributed by atoms with van der Waals surface area (Å²) in [6.07, 6.45) is 1.60. The molecular formula is C21H19ClF2N4O3. The molecule has 0 radical (unpaired) electrons. The summed E-state index contributed by atoms with van der Waals surface area (Å²) in [5.74, 6) is -1.38. The van der Waals surface area contributed by atoms with Gasteiger partial charge in [-0.1, -0.05) is 17.7 Å². The molecule has 2 aliphatic heterocycles. The van der Waals surface area contributed by atoms with Gasteiger partial charge < -0.3 is 15.0 Å². The summed E-state index contributed by atoms with van der Waals surface area (Å²) in [4.78, 5) is 26.2. The molecule has 7 nitrogen and oxygen atoms in total. The second-order valence-corrected chi connectivity index (χ2v) is 7.60. The Hall–Kier alpha value is -3.20. The standard InChI is InChI=1S/C21H19ClF2N4O3/c1-25-20(29)16-3-2-4-18(19(16)22)31-15-10-27(11-15)21(30)28-17(5-6-26-28)12-7-13(23)9-14(24)8-12/h2-4,6-9,15,17H,5,10-11H2,1H3,(H,25,29). The molecule has 1 fully saturated rings. The molecule has 2 aromatic carbocycles. The largest absolute Gasteiger partial charge is 0.485 e. The van der Waals surface area contributed by atoms with E-state index in [1.807, 2.05) is 0 Å². The number of benzene rings is 2. The molecule has 3 amide bonds. The Kier molecular flexibility index (Phi) is 5.77. The van der Waals surface area contributed by atoms with Gasteiger partial charge in [0.2, 0.25) is 0 Å². The lowest BCUT2D eigenvalue weighted by Crippen LogP contribution is -2.58. The van der Waals surface area contributed by atoms with Crippen molar-refractivity contribution in [2.45, 2.75) is 18.6 Å². The number of likely N-dealkylation sites (tertiary alicyclic amines) is 1. The highest BCUT2D eigenvalue weighted by atomic mass is 35.5. The van der Waals surface area contributed by atoms with Crippen molar-refractivity contribution in [3.05, 3.63) is 64.2 Å². The second kappa shape index (κ2) is 8.50. The molecule has 162 valence electrons. The molecule has 0 spiro atoms. The van der Waals surface area contributed by atoms with Crippen molar-refractivity contribution in [2.75, 3.05) is 20.1 Å². The first-order valence-corrected chi connectivity index (χ1v) is 9.99. The van der Waals surface area contributed by atoms with Crippen LogP contribution in [0.4, 0.5) is 13.6 Å². The van der Waals surface area contributed by atoms with Gasteiger partial charge in [0.25, 0.3) is 5.91 Å². The third-order valence-corrected chi connectivity index (χ3v) is 5.53. The topological polar surface area (TPSA) is 74.2 Å². The molecule has 31 heavy (non-hydrogen) atoms. The number of urea groups is 1. The molecule has 4 rings (SSSR count). The second-order valence-electron chi connectivity index (χ2n) is 7.22. The Balaban J connectivity index is 1.39.